The lowest BCUT2D eigenvalue weighted by Crippen LogP contribution is -2.17. The Morgan fingerprint density at radius 3 is 2.78 bits per heavy atom. The molecule has 1 aromatic heterocycles. The molecule has 0 bridgehead atoms. The number of aromatic nitrogens is 1. The van der Waals surface area contributed by atoms with Crippen molar-refractivity contribution in [2.75, 3.05) is 12.3 Å². The summed E-state index contributed by atoms with van der Waals surface area (Å²) in [6.45, 7) is 4.58. The zero-order chi connectivity index (χ0) is 16.7. The molecule has 3 N–H and O–H groups in total. The number of amides is 1. The van der Waals surface area contributed by atoms with E-state index in [1.165, 1.54) is 0 Å². The molecule has 2 rings (SSSR count). The van der Waals surface area contributed by atoms with Crippen LogP contribution in [-0.2, 0) is 0 Å². The lowest BCUT2D eigenvalue weighted by molar-refractivity contribution is 0.0958. The number of hydrazone groups is 1. The van der Waals surface area contributed by atoms with E-state index in [-0.39, 0.29) is 5.91 Å². The number of rotatable bonds is 7. The average Bonchev–Trinajstić information content (AvgIpc) is 2.88. The predicted molar refractivity (Wildman–Crippen MR) is 93.2 cm³/mol. The standard InChI is InChI=1S/C16H20N4O2S/c1-3-4-9-22-13-7-5-12(6-8-13)10-18-20-15(21)14-11(2)19-16(17)23-14/h5-8,10H,3-4,9H2,1-2H3,(H2,17,19)(H,20,21)/b18-10-. The predicted octanol–water partition coefficient (Wildman–Crippen LogP) is 2.98. The minimum absolute atomic E-state index is 0.313. The normalized spacial score (nSPS) is 10.9. The van der Waals surface area contributed by atoms with Crippen molar-refractivity contribution in [1.82, 2.24) is 10.4 Å². The van der Waals surface area contributed by atoms with Crippen molar-refractivity contribution in [2.24, 2.45) is 5.10 Å². The molecule has 0 atom stereocenters. The second kappa shape index (κ2) is 8.28. The van der Waals surface area contributed by atoms with Crippen molar-refractivity contribution in [3.05, 3.63) is 40.4 Å². The Balaban J connectivity index is 1.88. The minimum atomic E-state index is -0.313. The molecule has 7 heteroatoms. The zero-order valence-electron chi connectivity index (χ0n) is 13.2. The third-order valence-corrected chi connectivity index (χ3v) is 4.03. The molecule has 1 heterocycles. The van der Waals surface area contributed by atoms with Gasteiger partial charge < -0.3 is 10.5 Å². The second-order valence-electron chi connectivity index (χ2n) is 4.94. The number of nitrogens with two attached hydrogens (primary N) is 1. The maximum Gasteiger partial charge on any atom is 0.283 e. The van der Waals surface area contributed by atoms with E-state index in [0.717, 1.165) is 42.1 Å². The van der Waals surface area contributed by atoms with E-state index in [1.807, 2.05) is 24.3 Å². The van der Waals surface area contributed by atoms with Crippen LogP contribution in [0.25, 0.3) is 0 Å². The van der Waals surface area contributed by atoms with E-state index < -0.39 is 0 Å². The van der Waals surface area contributed by atoms with Gasteiger partial charge in [-0.25, -0.2) is 10.4 Å². The second-order valence-corrected chi connectivity index (χ2v) is 5.97. The fourth-order valence-electron chi connectivity index (χ4n) is 1.83. The smallest absolute Gasteiger partial charge is 0.283 e. The summed E-state index contributed by atoms with van der Waals surface area (Å²) in [5, 5.41) is 4.32. The number of nitrogen functional groups attached to an aromatic ring is 1. The van der Waals surface area contributed by atoms with Gasteiger partial charge in [-0.3, -0.25) is 4.79 Å². The Bertz CT molecular complexity index is 680. The van der Waals surface area contributed by atoms with Gasteiger partial charge in [-0.1, -0.05) is 24.7 Å². The van der Waals surface area contributed by atoms with Crippen LogP contribution < -0.4 is 15.9 Å². The Morgan fingerprint density at radius 1 is 1.43 bits per heavy atom. The molecule has 0 fully saturated rings. The number of benzene rings is 1. The van der Waals surface area contributed by atoms with E-state index in [4.69, 9.17) is 10.5 Å². The van der Waals surface area contributed by atoms with Gasteiger partial charge in [0.2, 0.25) is 0 Å². The molecule has 1 amide bonds. The Hall–Kier alpha value is -2.41. The molecule has 2 aromatic rings. The number of thiazole rings is 1. The van der Waals surface area contributed by atoms with Gasteiger partial charge in [-0.2, -0.15) is 5.10 Å². The lowest BCUT2D eigenvalue weighted by Gasteiger charge is -2.04. The fraction of sp³-hybridized carbons (Fsp3) is 0.312. The molecule has 0 saturated carbocycles. The SMILES string of the molecule is CCCCOc1ccc(/C=N\NC(=O)c2sc(N)nc2C)cc1. The van der Waals surface area contributed by atoms with Crippen molar-refractivity contribution in [3.8, 4) is 5.75 Å². The highest BCUT2D eigenvalue weighted by molar-refractivity contribution is 7.17. The highest BCUT2D eigenvalue weighted by Gasteiger charge is 2.13. The van der Waals surface area contributed by atoms with Crippen LogP contribution in [0.1, 0.15) is 40.7 Å². The molecular formula is C16H20N4O2S. The van der Waals surface area contributed by atoms with E-state index in [1.54, 1.807) is 13.1 Å². The molecule has 6 nitrogen and oxygen atoms in total. The maximum absolute atomic E-state index is 11.9. The number of anilines is 1. The first-order valence-corrected chi connectivity index (χ1v) is 8.21. The number of carbonyl (C=O) groups is 1. The Morgan fingerprint density at radius 2 is 2.17 bits per heavy atom. The van der Waals surface area contributed by atoms with Gasteiger partial charge in [-0.05, 0) is 43.2 Å². The first-order chi connectivity index (χ1) is 11.1. The summed E-state index contributed by atoms with van der Waals surface area (Å²) < 4.78 is 5.59. The van der Waals surface area contributed by atoms with Crippen molar-refractivity contribution in [3.63, 3.8) is 0 Å². The van der Waals surface area contributed by atoms with Crippen LogP contribution in [0.5, 0.6) is 5.75 Å². The molecule has 0 aliphatic rings. The number of ether oxygens (including phenoxy) is 1. The van der Waals surface area contributed by atoms with Crippen molar-refractivity contribution in [2.45, 2.75) is 26.7 Å². The van der Waals surface area contributed by atoms with Gasteiger partial charge in [0.15, 0.2) is 5.13 Å². The molecule has 0 aliphatic heterocycles. The lowest BCUT2D eigenvalue weighted by atomic mass is 10.2. The number of aryl methyl sites for hydroxylation is 1. The third-order valence-electron chi connectivity index (χ3n) is 3.05. The molecule has 122 valence electrons. The number of nitrogens with one attached hydrogen (secondary N) is 1. The van der Waals surface area contributed by atoms with E-state index >= 15 is 0 Å². The van der Waals surface area contributed by atoms with Crippen LogP contribution in [-0.4, -0.2) is 23.7 Å². The molecule has 0 spiro atoms. The number of hydrogen-bond donors (Lipinski definition) is 2. The van der Waals surface area contributed by atoms with Crippen LogP contribution >= 0.6 is 11.3 Å². The van der Waals surface area contributed by atoms with E-state index in [9.17, 15) is 4.79 Å². The average molecular weight is 332 g/mol. The highest BCUT2D eigenvalue weighted by atomic mass is 32.1. The van der Waals surface area contributed by atoms with Crippen molar-refractivity contribution < 1.29 is 9.53 Å². The van der Waals surface area contributed by atoms with Gasteiger partial charge in [0.05, 0.1) is 18.5 Å². The molecule has 0 unspecified atom stereocenters. The summed E-state index contributed by atoms with van der Waals surface area (Å²) in [7, 11) is 0. The van der Waals surface area contributed by atoms with Gasteiger partial charge >= 0.3 is 0 Å². The summed E-state index contributed by atoms with van der Waals surface area (Å²) >= 11 is 1.14. The quantitative estimate of drug-likeness (QED) is 0.463. The maximum atomic E-state index is 11.9. The molecule has 0 radical (unpaired) electrons. The Kier molecular flexibility index (Phi) is 6.10. The van der Waals surface area contributed by atoms with Gasteiger partial charge in [-0.15, -0.1) is 0 Å². The van der Waals surface area contributed by atoms with Crippen LogP contribution in [0.15, 0.2) is 29.4 Å². The molecule has 23 heavy (non-hydrogen) atoms. The van der Waals surface area contributed by atoms with Crippen LogP contribution in [0.2, 0.25) is 0 Å². The van der Waals surface area contributed by atoms with Crippen molar-refractivity contribution in [1.29, 1.82) is 0 Å². The summed E-state index contributed by atoms with van der Waals surface area (Å²) in [5.74, 6) is 0.517. The zero-order valence-corrected chi connectivity index (χ0v) is 14.0. The van der Waals surface area contributed by atoms with E-state index in [2.05, 4.69) is 22.4 Å². The fourth-order valence-corrected chi connectivity index (χ4v) is 2.55. The van der Waals surface area contributed by atoms with Crippen LogP contribution in [0, 0.1) is 6.92 Å². The van der Waals surface area contributed by atoms with E-state index in [0.29, 0.717) is 15.7 Å². The molecule has 0 aliphatic carbocycles. The number of hydrogen-bond acceptors (Lipinski definition) is 6. The third kappa shape index (κ3) is 5.07. The van der Waals surface area contributed by atoms with Gasteiger partial charge in [0.1, 0.15) is 10.6 Å². The summed E-state index contributed by atoms with van der Waals surface area (Å²) in [5.41, 5.74) is 9.52. The monoisotopic (exact) mass is 332 g/mol. The van der Waals surface area contributed by atoms with Crippen molar-refractivity contribution >= 4 is 28.6 Å². The van der Waals surface area contributed by atoms with Gasteiger partial charge in [0.25, 0.3) is 5.91 Å². The summed E-state index contributed by atoms with van der Waals surface area (Å²) in [6.07, 6.45) is 3.72. The number of unbranched alkanes of at least 4 members (excludes halogenated alkanes) is 1. The summed E-state index contributed by atoms with van der Waals surface area (Å²) in [6, 6.07) is 7.53. The molecular weight excluding hydrogens is 312 g/mol. The first kappa shape index (κ1) is 17.0. The Labute approximate surface area is 139 Å². The molecule has 1 aromatic carbocycles. The van der Waals surface area contributed by atoms with Crippen LogP contribution in [0.3, 0.4) is 0 Å². The minimum Gasteiger partial charge on any atom is -0.494 e. The topological polar surface area (TPSA) is 89.6 Å². The largest absolute Gasteiger partial charge is 0.494 e. The molecule has 0 saturated heterocycles. The highest BCUT2D eigenvalue weighted by Crippen LogP contribution is 2.19. The number of carbonyl (C=O) groups excluding carboxylic acids is 1. The van der Waals surface area contributed by atoms with Gasteiger partial charge in [0, 0.05) is 0 Å². The summed E-state index contributed by atoms with van der Waals surface area (Å²) in [4.78, 5) is 16.4. The number of nitrogens with zero attached hydrogens (tertiary/aromatic N) is 2. The first-order valence-electron chi connectivity index (χ1n) is 7.39. The van der Waals surface area contributed by atoms with Crippen LogP contribution in [0.4, 0.5) is 5.13 Å².